The van der Waals surface area contributed by atoms with Crippen molar-refractivity contribution >= 4 is 6.29 Å². The Morgan fingerprint density at radius 1 is 0.378 bits per heavy atom. The van der Waals surface area contributed by atoms with Gasteiger partial charge < -0.3 is 4.79 Å². The number of carbonyl (C=O) groups excluding carboxylic acids is 1. The summed E-state index contributed by atoms with van der Waals surface area (Å²) in [5, 5.41) is 0. The van der Waals surface area contributed by atoms with Crippen LogP contribution >= 0.6 is 0 Å². The second-order valence-corrected chi connectivity index (χ2v) is 11.6. The summed E-state index contributed by atoms with van der Waals surface area (Å²) in [7, 11) is 0. The van der Waals surface area contributed by atoms with Crippen LogP contribution in [0.25, 0.3) is 0 Å². The first-order valence-corrected chi connectivity index (χ1v) is 17.1. The third-order valence-corrected chi connectivity index (χ3v) is 7.87. The van der Waals surface area contributed by atoms with E-state index in [4.69, 9.17) is 0 Å². The average molecular weight is 517 g/mol. The fourth-order valence-corrected chi connectivity index (χ4v) is 5.23. The highest BCUT2D eigenvalue weighted by Crippen LogP contribution is 2.18. The van der Waals surface area contributed by atoms with E-state index in [0.29, 0.717) is 5.92 Å². The molecule has 0 aliphatic heterocycles. The summed E-state index contributed by atoms with van der Waals surface area (Å²) in [5.41, 5.74) is 0. The van der Waals surface area contributed by atoms with Crippen molar-refractivity contribution in [2.45, 2.75) is 194 Å². The standard InChI is InChI=1S/C36H68O/c1-3-5-7-9-11-13-15-17-19-20-22-24-26-28-30-32-34-36(35-37)33-31-29-27-25-23-21-18-16-14-12-10-8-6-4-2/h17-19,21,35-36H,3-16,20,22-34H2,1-2H3/b19-17-,21-18-. The van der Waals surface area contributed by atoms with Gasteiger partial charge in [-0.15, -0.1) is 0 Å². The van der Waals surface area contributed by atoms with E-state index in [1.807, 2.05) is 0 Å². The van der Waals surface area contributed by atoms with Gasteiger partial charge in [-0.25, -0.2) is 0 Å². The predicted molar refractivity (Wildman–Crippen MR) is 168 cm³/mol. The molecule has 0 bridgehead atoms. The first-order valence-electron chi connectivity index (χ1n) is 17.1. The Labute approximate surface area is 234 Å². The van der Waals surface area contributed by atoms with Gasteiger partial charge in [0.15, 0.2) is 0 Å². The van der Waals surface area contributed by atoms with E-state index >= 15 is 0 Å². The quantitative estimate of drug-likeness (QED) is 0.0508. The van der Waals surface area contributed by atoms with Crippen LogP contribution in [-0.2, 0) is 4.79 Å². The molecule has 0 saturated carbocycles. The Morgan fingerprint density at radius 3 is 0.946 bits per heavy atom. The summed E-state index contributed by atoms with van der Waals surface area (Å²) in [6, 6.07) is 0. The maximum absolute atomic E-state index is 11.4. The fraction of sp³-hybridized carbons (Fsp3) is 0.861. The normalized spacial score (nSPS) is 12.7. The summed E-state index contributed by atoms with van der Waals surface area (Å²) in [6.07, 6.45) is 48.0. The van der Waals surface area contributed by atoms with Crippen molar-refractivity contribution in [2.24, 2.45) is 5.92 Å². The second kappa shape index (κ2) is 33.2. The number of hydrogen-bond acceptors (Lipinski definition) is 1. The number of allylic oxidation sites excluding steroid dienone is 4. The fourth-order valence-electron chi connectivity index (χ4n) is 5.23. The number of unbranched alkanes of at least 4 members (excludes halogenated alkanes) is 22. The zero-order valence-electron chi connectivity index (χ0n) is 25.7. The van der Waals surface area contributed by atoms with Crippen molar-refractivity contribution in [3.8, 4) is 0 Å². The van der Waals surface area contributed by atoms with Crippen LogP contribution in [0.1, 0.15) is 194 Å². The molecule has 0 aliphatic carbocycles. The summed E-state index contributed by atoms with van der Waals surface area (Å²) in [6.45, 7) is 4.57. The lowest BCUT2D eigenvalue weighted by Crippen LogP contribution is -2.02. The topological polar surface area (TPSA) is 17.1 Å². The van der Waals surface area contributed by atoms with Gasteiger partial charge in [-0.3, -0.25) is 0 Å². The van der Waals surface area contributed by atoms with E-state index in [1.54, 1.807) is 0 Å². The molecular formula is C36H68O. The first-order chi connectivity index (χ1) is 18.3. The minimum absolute atomic E-state index is 0.314. The zero-order chi connectivity index (χ0) is 26.9. The van der Waals surface area contributed by atoms with Crippen molar-refractivity contribution in [1.82, 2.24) is 0 Å². The van der Waals surface area contributed by atoms with Crippen LogP contribution in [0.3, 0.4) is 0 Å². The average Bonchev–Trinajstić information content (AvgIpc) is 2.91. The summed E-state index contributed by atoms with van der Waals surface area (Å²) >= 11 is 0. The Kier molecular flexibility index (Phi) is 32.4. The molecule has 0 N–H and O–H groups in total. The van der Waals surface area contributed by atoms with Gasteiger partial charge in [-0.2, -0.15) is 0 Å². The smallest absolute Gasteiger partial charge is 0.123 e. The molecule has 0 amide bonds. The summed E-state index contributed by atoms with van der Waals surface area (Å²) in [4.78, 5) is 11.4. The molecule has 1 atom stereocenters. The minimum atomic E-state index is 0.314. The van der Waals surface area contributed by atoms with Gasteiger partial charge in [0.2, 0.25) is 0 Å². The Bertz CT molecular complexity index is 477. The van der Waals surface area contributed by atoms with Crippen molar-refractivity contribution in [1.29, 1.82) is 0 Å². The van der Waals surface area contributed by atoms with Gasteiger partial charge in [0.25, 0.3) is 0 Å². The summed E-state index contributed by atoms with van der Waals surface area (Å²) in [5.74, 6) is 0.314. The maximum Gasteiger partial charge on any atom is 0.123 e. The minimum Gasteiger partial charge on any atom is -0.303 e. The molecule has 0 aromatic carbocycles. The molecule has 218 valence electrons. The first kappa shape index (κ1) is 36.1. The third kappa shape index (κ3) is 31.3. The molecule has 0 aromatic heterocycles. The highest BCUT2D eigenvalue weighted by Gasteiger charge is 2.06. The number of rotatable bonds is 31. The predicted octanol–water partition coefficient (Wildman–Crippen LogP) is 12.9. The van der Waals surface area contributed by atoms with E-state index in [-0.39, 0.29) is 0 Å². The van der Waals surface area contributed by atoms with E-state index < -0.39 is 0 Å². The molecule has 0 fully saturated rings. The van der Waals surface area contributed by atoms with Gasteiger partial charge in [-0.1, -0.05) is 154 Å². The lowest BCUT2D eigenvalue weighted by atomic mass is 9.95. The number of carbonyl (C=O) groups is 1. The molecule has 0 rings (SSSR count). The molecule has 0 saturated heterocycles. The molecule has 1 unspecified atom stereocenters. The second-order valence-electron chi connectivity index (χ2n) is 11.6. The van der Waals surface area contributed by atoms with Gasteiger partial charge in [0.05, 0.1) is 0 Å². The van der Waals surface area contributed by atoms with Crippen LogP contribution in [0, 0.1) is 5.92 Å². The van der Waals surface area contributed by atoms with Gasteiger partial charge in [0.1, 0.15) is 6.29 Å². The van der Waals surface area contributed by atoms with Crippen molar-refractivity contribution in [3.05, 3.63) is 24.3 Å². The Morgan fingerprint density at radius 2 is 0.649 bits per heavy atom. The SMILES string of the molecule is CCCCCCCC/C=C\CCCCCCCCC(C=O)CCCCCC/C=C\CCCCCCCC. The molecule has 0 aliphatic rings. The van der Waals surface area contributed by atoms with E-state index in [2.05, 4.69) is 38.2 Å². The Balaban J connectivity index is 3.36. The zero-order valence-corrected chi connectivity index (χ0v) is 25.7. The highest BCUT2D eigenvalue weighted by atomic mass is 16.1. The molecule has 1 heteroatoms. The monoisotopic (exact) mass is 517 g/mol. The molecule has 0 heterocycles. The highest BCUT2D eigenvalue weighted by molar-refractivity contribution is 5.53. The van der Waals surface area contributed by atoms with E-state index in [1.165, 1.54) is 173 Å². The summed E-state index contributed by atoms with van der Waals surface area (Å²) < 4.78 is 0. The van der Waals surface area contributed by atoms with Crippen LogP contribution in [0.5, 0.6) is 0 Å². The molecule has 0 aromatic rings. The van der Waals surface area contributed by atoms with Crippen molar-refractivity contribution in [3.63, 3.8) is 0 Å². The van der Waals surface area contributed by atoms with Crippen LogP contribution in [-0.4, -0.2) is 6.29 Å². The van der Waals surface area contributed by atoms with Gasteiger partial charge in [0, 0.05) is 5.92 Å². The van der Waals surface area contributed by atoms with Gasteiger partial charge in [-0.05, 0) is 64.2 Å². The third-order valence-electron chi connectivity index (χ3n) is 7.87. The van der Waals surface area contributed by atoms with Crippen LogP contribution in [0.4, 0.5) is 0 Å². The lowest BCUT2D eigenvalue weighted by molar-refractivity contribution is -0.111. The molecule has 37 heavy (non-hydrogen) atoms. The number of aldehydes is 1. The van der Waals surface area contributed by atoms with Crippen molar-refractivity contribution in [2.75, 3.05) is 0 Å². The maximum atomic E-state index is 11.4. The van der Waals surface area contributed by atoms with Gasteiger partial charge >= 0.3 is 0 Å². The van der Waals surface area contributed by atoms with E-state index in [0.717, 1.165) is 12.8 Å². The largest absolute Gasteiger partial charge is 0.303 e. The lowest BCUT2D eigenvalue weighted by Gasteiger charge is -2.10. The van der Waals surface area contributed by atoms with Crippen molar-refractivity contribution < 1.29 is 4.79 Å². The number of hydrogen-bond donors (Lipinski definition) is 0. The van der Waals surface area contributed by atoms with Crippen LogP contribution in [0.2, 0.25) is 0 Å². The Hall–Kier alpha value is -0.850. The molecule has 1 nitrogen and oxygen atoms in total. The molecular weight excluding hydrogens is 448 g/mol. The van der Waals surface area contributed by atoms with Crippen LogP contribution in [0.15, 0.2) is 24.3 Å². The molecule has 0 spiro atoms. The molecule has 0 radical (unpaired) electrons. The van der Waals surface area contributed by atoms with Crippen LogP contribution < -0.4 is 0 Å². The van der Waals surface area contributed by atoms with E-state index in [9.17, 15) is 4.79 Å².